The van der Waals surface area contributed by atoms with Crippen LogP contribution >= 0.6 is 0 Å². The first kappa shape index (κ1) is 12.2. The second-order valence-corrected chi connectivity index (χ2v) is 3.20. The Labute approximate surface area is 81.5 Å². The molecular weight excluding hydrogens is 160 g/mol. The molecule has 0 aromatic carbocycles. The van der Waals surface area contributed by atoms with Crippen molar-refractivity contribution in [3.63, 3.8) is 0 Å². The lowest BCUT2D eigenvalue weighted by Gasteiger charge is -1.88. The number of unbranched alkanes of at least 4 members (excludes halogenated alkanes) is 3. The molecule has 0 fully saturated rings. The molecule has 0 amide bonds. The average molecular weight is 180 g/mol. The number of carbonyl (C=O) groups excluding carboxylic acids is 1. The zero-order valence-electron chi connectivity index (χ0n) is 8.75. The lowest BCUT2D eigenvalue weighted by molar-refractivity contribution is -0.112. The minimum Gasteiger partial charge on any atom is -0.295 e. The van der Waals surface area contributed by atoms with Gasteiger partial charge in [-0.1, -0.05) is 38.0 Å². The third-order valence-corrected chi connectivity index (χ3v) is 1.74. The van der Waals surface area contributed by atoms with Crippen molar-refractivity contribution in [2.24, 2.45) is 0 Å². The van der Waals surface area contributed by atoms with Gasteiger partial charge in [-0.3, -0.25) is 4.79 Å². The van der Waals surface area contributed by atoms with E-state index in [9.17, 15) is 4.79 Å². The summed E-state index contributed by atoms with van der Waals surface area (Å²) in [6, 6.07) is 0. The number of carbonyl (C=O) groups is 1. The van der Waals surface area contributed by atoms with Gasteiger partial charge in [-0.15, -0.1) is 0 Å². The highest BCUT2D eigenvalue weighted by Gasteiger charge is 1.81. The smallest absolute Gasteiger partial charge is 0.152 e. The van der Waals surface area contributed by atoms with Gasteiger partial charge in [-0.05, 0) is 32.3 Å². The first-order valence-corrected chi connectivity index (χ1v) is 5.09. The van der Waals surface area contributed by atoms with Crippen molar-refractivity contribution in [1.82, 2.24) is 0 Å². The van der Waals surface area contributed by atoms with Crippen LogP contribution in [0.3, 0.4) is 0 Å². The van der Waals surface area contributed by atoms with Crippen LogP contribution < -0.4 is 0 Å². The van der Waals surface area contributed by atoms with Gasteiger partial charge in [0, 0.05) is 0 Å². The summed E-state index contributed by atoms with van der Waals surface area (Å²) < 4.78 is 0. The van der Waals surface area contributed by atoms with E-state index >= 15 is 0 Å². The molecule has 0 unspecified atom stereocenters. The molecule has 0 saturated carbocycles. The fraction of sp³-hybridized carbons (Fsp3) is 0.583. The number of ketones is 1. The Morgan fingerprint density at radius 1 is 1.08 bits per heavy atom. The summed E-state index contributed by atoms with van der Waals surface area (Å²) in [5.41, 5.74) is 0. The quantitative estimate of drug-likeness (QED) is 0.332. The standard InChI is InChI=1S/C12H20O/c1-3-4-5-6-7-8-9-10-11-12(2)13/h6-7,10-11H,3-5,8-9H2,1-2H3. The van der Waals surface area contributed by atoms with Crippen molar-refractivity contribution in [2.45, 2.75) is 46.0 Å². The largest absolute Gasteiger partial charge is 0.295 e. The van der Waals surface area contributed by atoms with E-state index in [-0.39, 0.29) is 5.78 Å². The molecule has 0 aromatic heterocycles. The van der Waals surface area contributed by atoms with Crippen LogP contribution in [0.15, 0.2) is 24.3 Å². The minimum atomic E-state index is 0.134. The summed E-state index contributed by atoms with van der Waals surface area (Å²) in [5.74, 6) is 0.134. The molecule has 0 aliphatic carbocycles. The van der Waals surface area contributed by atoms with Gasteiger partial charge in [-0.2, -0.15) is 0 Å². The van der Waals surface area contributed by atoms with Gasteiger partial charge in [0.15, 0.2) is 5.78 Å². The van der Waals surface area contributed by atoms with Gasteiger partial charge in [0.1, 0.15) is 0 Å². The van der Waals surface area contributed by atoms with Crippen LogP contribution in [0.5, 0.6) is 0 Å². The van der Waals surface area contributed by atoms with Crippen LogP contribution in [-0.4, -0.2) is 5.78 Å². The summed E-state index contributed by atoms with van der Waals surface area (Å²) in [7, 11) is 0. The first-order chi connectivity index (χ1) is 6.27. The molecule has 0 rings (SSSR count). The number of hydrogen-bond acceptors (Lipinski definition) is 1. The molecule has 0 heterocycles. The predicted octanol–water partition coefficient (Wildman–Crippen LogP) is 3.66. The zero-order valence-corrected chi connectivity index (χ0v) is 8.75. The van der Waals surface area contributed by atoms with Crippen LogP contribution in [0.2, 0.25) is 0 Å². The summed E-state index contributed by atoms with van der Waals surface area (Å²) in [6.07, 6.45) is 13.7. The molecule has 0 aromatic rings. The Morgan fingerprint density at radius 3 is 2.31 bits per heavy atom. The molecule has 0 aliphatic heterocycles. The van der Waals surface area contributed by atoms with E-state index in [1.165, 1.54) is 19.3 Å². The van der Waals surface area contributed by atoms with E-state index in [0.717, 1.165) is 12.8 Å². The molecule has 0 bridgehead atoms. The Balaban J connectivity index is 3.24. The highest BCUT2D eigenvalue weighted by molar-refractivity contribution is 5.87. The topological polar surface area (TPSA) is 17.1 Å². The van der Waals surface area contributed by atoms with Crippen LogP contribution in [0.25, 0.3) is 0 Å². The molecule has 0 aliphatic rings. The lowest BCUT2D eigenvalue weighted by atomic mass is 10.2. The van der Waals surface area contributed by atoms with Gasteiger partial charge in [0.25, 0.3) is 0 Å². The van der Waals surface area contributed by atoms with Gasteiger partial charge < -0.3 is 0 Å². The third-order valence-electron chi connectivity index (χ3n) is 1.74. The summed E-state index contributed by atoms with van der Waals surface area (Å²) in [6.45, 7) is 3.77. The highest BCUT2D eigenvalue weighted by Crippen LogP contribution is 1.98. The Bertz CT molecular complexity index is 178. The maximum absolute atomic E-state index is 10.5. The van der Waals surface area contributed by atoms with Crippen molar-refractivity contribution in [1.29, 1.82) is 0 Å². The second-order valence-electron chi connectivity index (χ2n) is 3.20. The molecule has 0 atom stereocenters. The fourth-order valence-corrected chi connectivity index (χ4v) is 0.999. The Morgan fingerprint density at radius 2 is 1.69 bits per heavy atom. The monoisotopic (exact) mass is 180 g/mol. The van der Waals surface area contributed by atoms with Crippen molar-refractivity contribution in [3.8, 4) is 0 Å². The van der Waals surface area contributed by atoms with Crippen LogP contribution in [0.4, 0.5) is 0 Å². The van der Waals surface area contributed by atoms with Crippen molar-refractivity contribution >= 4 is 5.78 Å². The van der Waals surface area contributed by atoms with Gasteiger partial charge >= 0.3 is 0 Å². The van der Waals surface area contributed by atoms with Crippen LogP contribution in [0, 0.1) is 0 Å². The van der Waals surface area contributed by atoms with E-state index in [2.05, 4.69) is 19.1 Å². The molecular formula is C12H20O. The van der Waals surface area contributed by atoms with Crippen molar-refractivity contribution < 1.29 is 4.79 Å². The summed E-state index contributed by atoms with van der Waals surface area (Å²) in [5, 5.41) is 0. The normalized spacial score (nSPS) is 11.5. The number of hydrogen-bond donors (Lipinski definition) is 0. The fourth-order valence-electron chi connectivity index (χ4n) is 0.999. The average Bonchev–Trinajstić information content (AvgIpc) is 2.09. The molecule has 0 spiro atoms. The van der Waals surface area contributed by atoms with Gasteiger partial charge in [-0.25, -0.2) is 0 Å². The summed E-state index contributed by atoms with van der Waals surface area (Å²) in [4.78, 5) is 10.5. The predicted molar refractivity (Wildman–Crippen MR) is 57.7 cm³/mol. The highest BCUT2D eigenvalue weighted by atomic mass is 16.1. The van der Waals surface area contributed by atoms with E-state index in [1.807, 2.05) is 6.08 Å². The van der Waals surface area contributed by atoms with Gasteiger partial charge in [0.2, 0.25) is 0 Å². The molecule has 0 saturated heterocycles. The SMILES string of the molecule is CCCCC=CCCC=CC(C)=O. The molecule has 74 valence electrons. The molecule has 1 heteroatoms. The van der Waals surface area contributed by atoms with Crippen molar-refractivity contribution in [2.75, 3.05) is 0 Å². The molecule has 13 heavy (non-hydrogen) atoms. The number of rotatable bonds is 7. The second kappa shape index (κ2) is 9.24. The third kappa shape index (κ3) is 11.1. The van der Waals surface area contributed by atoms with Crippen LogP contribution in [-0.2, 0) is 4.79 Å². The lowest BCUT2D eigenvalue weighted by Crippen LogP contribution is -1.78. The Kier molecular flexibility index (Phi) is 8.64. The maximum Gasteiger partial charge on any atom is 0.152 e. The minimum absolute atomic E-state index is 0.134. The number of allylic oxidation sites excluding steroid dienone is 4. The van der Waals surface area contributed by atoms with Gasteiger partial charge in [0.05, 0.1) is 0 Å². The molecule has 1 nitrogen and oxygen atoms in total. The van der Waals surface area contributed by atoms with E-state index in [4.69, 9.17) is 0 Å². The first-order valence-electron chi connectivity index (χ1n) is 5.09. The zero-order chi connectivity index (χ0) is 9.94. The maximum atomic E-state index is 10.5. The van der Waals surface area contributed by atoms with E-state index < -0.39 is 0 Å². The van der Waals surface area contributed by atoms with E-state index in [0.29, 0.717) is 0 Å². The molecule has 0 N–H and O–H groups in total. The summed E-state index contributed by atoms with van der Waals surface area (Å²) >= 11 is 0. The Hall–Kier alpha value is -0.850. The van der Waals surface area contributed by atoms with Crippen molar-refractivity contribution in [3.05, 3.63) is 24.3 Å². The van der Waals surface area contributed by atoms with E-state index in [1.54, 1.807) is 13.0 Å². The van der Waals surface area contributed by atoms with Crippen LogP contribution in [0.1, 0.15) is 46.0 Å². The molecule has 0 radical (unpaired) electrons.